The van der Waals surface area contributed by atoms with Crippen molar-refractivity contribution < 1.29 is 29.6 Å². The van der Waals surface area contributed by atoms with Crippen LogP contribution >= 0.6 is 12.2 Å². The first-order valence-electron chi connectivity index (χ1n) is 9.54. The summed E-state index contributed by atoms with van der Waals surface area (Å²) in [7, 11) is 0. The maximum Gasteiger partial charge on any atom is 0.164 e. The molecule has 8 nitrogen and oxygen atoms in total. The van der Waals surface area contributed by atoms with E-state index in [1.165, 1.54) is 6.26 Å². The van der Waals surface area contributed by atoms with E-state index in [1.807, 2.05) is 0 Å². The molecule has 2 aromatic rings. The third kappa shape index (κ3) is 3.22. The standard InChI is InChI=1S/C20H22N2O6S/c21-8-11-15(13-6-3-7-27-13)10-4-1-2-5-12(10)22(20(11)29)19-18(26)17(25)16(24)14(9-23)28-19/h3,6-7,14,16-19,23-26H,1-2,4-5,9H2/t14-,16+,17+,18+,19-/m0/s1. The highest BCUT2D eigenvalue weighted by molar-refractivity contribution is 7.71. The fourth-order valence-electron chi connectivity index (χ4n) is 4.29. The molecule has 0 aromatic carbocycles. The van der Waals surface area contributed by atoms with Crippen LogP contribution in [0.25, 0.3) is 11.3 Å². The highest BCUT2D eigenvalue weighted by Gasteiger charge is 2.45. The number of rotatable bonds is 3. The molecule has 5 atom stereocenters. The number of aromatic nitrogens is 1. The highest BCUT2D eigenvalue weighted by Crippen LogP contribution is 2.39. The predicted octanol–water partition coefficient (Wildman–Crippen LogP) is 1.20. The summed E-state index contributed by atoms with van der Waals surface area (Å²) in [6.45, 7) is -0.535. The van der Waals surface area contributed by atoms with Gasteiger partial charge in [-0.25, -0.2) is 0 Å². The summed E-state index contributed by atoms with van der Waals surface area (Å²) in [5.74, 6) is 0.548. The van der Waals surface area contributed by atoms with Crippen molar-refractivity contribution in [2.75, 3.05) is 6.61 Å². The Bertz CT molecular complexity index is 994. The molecule has 1 fully saturated rings. The molecule has 0 radical (unpaired) electrons. The van der Waals surface area contributed by atoms with E-state index in [-0.39, 0.29) is 10.2 Å². The van der Waals surface area contributed by atoms with Crippen LogP contribution in [0.15, 0.2) is 22.8 Å². The minimum absolute atomic E-state index is 0.156. The third-order valence-electron chi connectivity index (χ3n) is 5.71. The average Bonchev–Trinajstić information content (AvgIpc) is 3.26. The highest BCUT2D eigenvalue weighted by atomic mass is 32.1. The molecule has 2 aliphatic rings. The number of nitriles is 1. The second kappa shape index (κ2) is 7.99. The number of pyridine rings is 1. The maximum atomic E-state index is 10.6. The zero-order chi connectivity index (χ0) is 20.7. The van der Waals surface area contributed by atoms with Gasteiger partial charge in [0.1, 0.15) is 40.9 Å². The molecular formula is C20H22N2O6S. The van der Waals surface area contributed by atoms with Gasteiger partial charge in [0, 0.05) is 11.3 Å². The number of aliphatic hydroxyl groups is 4. The Kier molecular flexibility index (Phi) is 5.57. The topological polar surface area (TPSA) is 132 Å². The van der Waals surface area contributed by atoms with Gasteiger partial charge < -0.3 is 34.1 Å². The Balaban J connectivity index is 1.96. The zero-order valence-electron chi connectivity index (χ0n) is 15.6. The molecule has 9 heteroatoms. The normalized spacial score (nSPS) is 29.3. The lowest BCUT2D eigenvalue weighted by Gasteiger charge is -2.42. The molecule has 4 rings (SSSR count). The number of fused-ring (bicyclic) bond motifs is 1. The van der Waals surface area contributed by atoms with Crippen molar-refractivity contribution in [1.82, 2.24) is 4.57 Å². The Morgan fingerprint density at radius 2 is 1.93 bits per heavy atom. The largest absolute Gasteiger partial charge is 0.464 e. The molecule has 2 aromatic heterocycles. The quantitative estimate of drug-likeness (QED) is 0.547. The van der Waals surface area contributed by atoms with Crippen LogP contribution in [0, 0.1) is 16.0 Å². The van der Waals surface area contributed by atoms with E-state index in [1.54, 1.807) is 16.7 Å². The van der Waals surface area contributed by atoms with E-state index < -0.39 is 37.3 Å². The van der Waals surface area contributed by atoms with E-state index in [4.69, 9.17) is 21.4 Å². The Hall–Kier alpha value is -2.06. The summed E-state index contributed by atoms with van der Waals surface area (Å²) < 4.78 is 13.0. The van der Waals surface area contributed by atoms with Crippen LogP contribution in [0.2, 0.25) is 0 Å². The SMILES string of the molecule is N#Cc1c(-c2ccco2)c2c(n([C@H]3O[C@@H](CO)[C@@H](O)[C@@H](O)[C@H]3O)c1=S)CCCC2. The van der Waals surface area contributed by atoms with Gasteiger partial charge in [-0.05, 0) is 43.4 Å². The predicted molar refractivity (Wildman–Crippen MR) is 103 cm³/mol. The van der Waals surface area contributed by atoms with Gasteiger partial charge in [0.05, 0.1) is 18.4 Å². The van der Waals surface area contributed by atoms with Crippen molar-refractivity contribution in [2.45, 2.75) is 56.3 Å². The molecule has 3 heterocycles. The summed E-state index contributed by atoms with van der Waals surface area (Å²) in [5, 5.41) is 50.4. The first-order chi connectivity index (χ1) is 14.0. The van der Waals surface area contributed by atoms with Crippen molar-refractivity contribution in [3.05, 3.63) is 39.9 Å². The van der Waals surface area contributed by atoms with Crippen LogP contribution in [0.5, 0.6) is 0 Å². The Morgan fingerprint density at radius 1 is 1.17 bits per heavy atom. The first kappa shape index (κ1) is 20.2. The molecule has 29 heavy (non-hydrogen) atoms. The van der Waals surface area contributed by atoms with Gasteiger partial charge in [-0.3, -0.25) is 0 Å². The second-order valence-electron chi connectivity index (χ2n) is 7.37. The van der Waals surface area contributed by atoms with Gasteiger partial charge in [0.15, 0.2) is 6.23 Å². The van der Waals surface area contributed by atoms with Crippen LogP contribution in [-0.2, 0) is 17.6 Å². The van der Waals surface area contributed by atoms with Gasteiger partial charge in [0.25, 0.3) is 0 Å². The Morgan fingerprint density at radius 3 is 2.59 bits per heavy atom. The maximum absolute atomic E-state index is 10.6. The summed E-state index contributed by atoms with van der Waals surface area (Å²) in [6.07, 6.45) is -1.96. The van der Waals surface area contributed by atoms with Crippen LogP contribution in [0.4, 0.5) is 0 Å². The number of ether oxygens (including phenoxy) is 1. The first-order valence-corrected chi connectivity index (χ1v) is 9.95. The number of hydrogen-bond donors (Lipinski definition) is 4. The van der Waals surface area contributed by atoms with Gasteiger partial charge in [0.2, 0.25) is 0 Å². The number of furan rings is 1. The van der Waals surface area contributed by atoms with Crippen molar-refractivity contribution in [2.24, 2.45) is 0 Å². The van der Waals surface area contributed by atoms with Gasteiger partial charge >= 0.3 is 0 Å². The molecule has 1 saturated heterocycles. The smallest absolute Gasteiger partial charge is 0.164 e. The van der Waals surface area contributed by atoms with E-state index in [2.05, 4.69) is 6.07 Å². The lowest BCUT2D eigenvalue weighted by atomic mass is 9.88. The number of hydrogen-bond acceptors (Lipinski definition) is 8. The van der Waals surface area contributed by atoms with Crippen molar-refractivity contribution in [1.29, 1.82) is 5.26 Å². The lowest BCUT2D eigenvalue weighted by Crippen LogP contribution is -2.57. The molecule has 0 unspecified atom stereocenters. The molecule has 0 saturated carbocycles. The molecule has 154 valence electrons. The average molecular weight is 418 g/mol. The lowest BCUT2D eigenvalue weighted by molar-refractivity contribution is -0.252. The van der Waals surface area contributed by atoms with Gasteiger partial charge in [-0.15, -0.1) is 0 Å². The Labute approximate surface area is 172 Å². The van der Waals surface area contributed by atoms with Gasteiger partial charge in [-0.2, -0.15) is 5.26 Å². The molecular weight excluding hydrogens is 396 g/mol. The summed E-state index contributed by atoms with van der Waals surface area (Å²) in [4.78, 5) is 0. The number of aliphatic hydroxyl groups excluding tert-OH is 4. The van der Waals surface area contributed by atoms with E-state index >= 15 is 0 Å². The van der Waals surface area contributed by atoms with Crippen LogP contribution in [0.1, 0.15) is 35.9 Å². The fourth-order valence-corrected chi connectivity index (χ4v) is 4.65. The van der Waals surface area contributed by atoms with Crippen LogP contribution in [0.3, 0.4) is 0 Å². The third-order valence-corrected chi connectivity index (χ3v) is 6.12. The van der Waals surface area contributed by atoms with E-state index in [9.17, 15) is 25.7 Å². The van der Waals surface area contributed by atoms with Gasteiger partial charge in [-0.1, -0.05) is 12.2 Å². The second-order valence-corrected chi connectivity index (χ2v) is 7.75. The molecule has 0 bridgehead atoms. The van der Waals surface area contributed by atoms with Crippen LogP contribution < -0.4 is 0 Å². The van der Waals surface area contributed by atoms with E-state index in [0.29, 0.717) is 24.2 Å². The minimum atomic E-state index is -1.53. The minimum Gasteiger partial charge on any atom is -0.464 e. The molecule has 0 amide bonds. The molecule has 1 aliphatic heterocycles. The summed E-state index contributed by atoms with van der Waals surface area (Å²) >= 11 is 5.62. The fraction of sp³-hybridized carbons (Fsp3) is 0.500. The summed E-state index contributed by atoms with van der Waals surface area (Å²) in [6, 6.07) is 5.68. The van der Waals surface area contributed by atoms with Crippen molar-refractivity contribution in [3.63, 3.8) is 0 Å². The zero-order valence-corrected chi connectivity index (χ0v) is 16.4. The summed E-state index contributed by atoms with van der Waals surface area (Å²) in [5.41, 5.74) is 2.58. The molecule has 4 N–H and O–H groups in total. The molecule has 0 spiro atoms. The monoisotopic (exact) mass is 418 g/mol. The van der Waals surface area contributed by atoms with Crippen molar-refractivity contribution >= 4 is 12.2 Å². The van der Waals surface area contributed by atoms with E-state index in [0.717, 1.165) is 24.1 Å². The van der Waals surface area contributed by atoms with Crippen LogP contribution in [-0.4, -0.2) is 56.0 Å². The molecule has 1 aliphatic carbocycles. The van der Waals surface area contributed by atoms with Crippen molar-refractivity contribution in [3.8, 4) is 17.4 Å². The number of nitrogens with zero attached hydrogens (tertiary/aromatic N) is 2.